The van der Waals surface area contributed by atoms with Crippen LogP contribution in [0.3, 0.4) is 0 Å². The van der Waals surface area contributed by atoms with Crippen LogP contribution < -0.4 is 4.90 Å². The van der Waals surface area contributed by atoms with Crippen molar-refractivity contribution in [2.24, 2.45) is 0 Å². The fourth-order valence-corrected chi connectivity index (χ4v) is 19.8. The molecule has 12 aromatic carbocycles. The van der Waals surface area contributed by atoms with Gasteiger partial charge in [0.2, 0.25) is 0 Å². The van der Waals surface area contributed by atoms with Crippen LogP contribution in [0.25, 0.3) is 133 Å². The van der Waals surface area contributed by atoms with E-state index in [-0.39, 0.29) is 10.8 Å². The van der Waals surface area contributed by atoms with Gasteiger partial charge in [0.15, 0.2) is 0 Å². The Hall–Kier alpha value is -10.2. The molecule has 5 aliphatic carbocycles. The highest BCUT2D eigenvalue weighted by Gasteiger charge is 2.51. The normalized spacial score (nSPS) is 16.4. The maximum Gasteiger partial charge on any atom is 0.144 e. The lowest BCUT2D eigenvalue weighted by Gasteiger charge is -2.33. The summed E-state index contributed by atoms with van der Waals surface area (Å²) in [5, 5.41) is 7.07. The SMILES string of the molecule is Cc1cc(C)c(-c2cc3c(c4c2oc2ccccc24)-c2ccc(N(c4ccc5c(c4)C(C)(C)c4c6c(c7oc8ccccc8c7c4-5)-c4ccccc4C6(C)C)c4ccc5c(c4)C(C)(C)c4c6c(c7oc8ccccc8c7c4-5)-c4ccccc4C6(C)C)cc2C3(C)C)c(C)c1. The number of hydrogen-bond acceptors (Lipinski definition) is 4. The summed E-state index contributed by atoms with van der Waals surface area (Å²) in [6.07, 6.45) is 0. The number of para-hydroxylation sites is 3. The summed E-state index contributed by atoms with van der Waals surface area (Å²) in [5.74, 6) is 0. The second kappa shape index (κ2) is 17.5. The number of nitrogens with zero attached hydrogens (tertiary/aromatic N) is 1. The van der Waals surface area contributed by atoms with Gasteiger partial charge in [-0.2, -0.15) is 0 Å². The van der Waals surface area contributed by atoms with Gasteiger partial charge in [0.1, 0.15) is 33.5 Å². The molecule has 0 bridgehead atoms. The Kier molecular flexibility index (Phi) is 10.2. The third-order valence-electron chi connectivity index (χ3n) is 23.8. The number of aryl methyl sites for hydroxylation is 3. The van der Waals surface area contributed by atoms with Crippen LogP contribution >= 0.6 is 0 Å². The largest absolute Gasteiger partial charge is 0.455 e. The third kappa shape index (κ3) is 6.46. The number of fused-ring (bicyclic) bond motifs is 31. The van der Waals surface area contributed by atoms with Crippen molar-refractivity contribution in [2.45, 2.75) is 117 Å². The topological polar surface area (TPSA) is 42.7 Å². The minimum absolute atomic E-state index is 0.278. The predicted octanol–water partition coefficient (Wildman–Crippen LogP) is 25.0. The molecule has 0 atom stereocenters. The second-order valence-electron chi connectivity index (χ2n) is 30.8. The first-order valence-electron chi connectivity index (χ1n) is 33.7. The smallest absolute Gasteiger partial charge is 0.144 e. The van der Waals surface area contributed by atoms with Crippen LogP contribution in [0.5, 0.6) is 0 Å². The molecule has 20 rings (SSSR count). The van der Waals surface area contributed by atoms with Crippen molar-refractivity contribution >= 4 is 82.9 Å². The van der Waals surface area contributed by atoms with E-state index in [1.807, 2.05) is 0 Å². The summed E-state index contributed by atoms with van der Waals surface area (Å²) in [4.78, 5) is 2.59. The van der Waals surface area contributed by atoms with Crippen LogP contribution in [0.4, 0.5) is 17.1 Å². The highest BCUT2D eigenvalue weighted by Crippen LogP contribution is 2.67. The quantitative estimate of drug-likeness (QED) is 0.176. The van der Waals surface area contributed by atoms with Crippen molar-refractivity contribution in [3.8, 4) is 66.8 Å². The monoisotopic (exact) mass is 1210 g/mol. The first-order chi connectivity index (χ1) is 45.2. The van der Waals surface area contributed by atoms with Gasteiger partial charge in [-0.1, -0.05) is 208 Å². The zero-order valence-electron chi connectivity index (χ0n) is 55.6. The zero-order valence-corrected chi connectivity index (χ0v) is 55.6. The molecule has 5 aliphatic rings. The molecular formula is C90H71NO3. The summed E-state index contributed by atoms with van der Waals surface area (Å²) >= 11 is 0. The fraction of sp³-hybridized carbons (Fsp3) is 0.200. The lowest BCUT2D eigenvalue weighted by atomic mass is 9.72. The van der Waals surface area contributed by atoms with Crippen molar-refractivity contribution in [3.05, 3.63) is 266 Å². The van der Waals surface area contributed by atoms with Crippen LogP contribution in [0.1, 0.15) is 142 Å². The van der Waals surface area contributed by atoms with Gasteiger partial charge in [-0.3, -0.25) is 0 Å². The molecule has 3 aromatic heterocycles. The Balaban J connectivity index is 0.840. The van der Waals surface area contributed by atoms with E-state index in [0.717, 1.165) is 72.3 Å². The maximum atomic E-state index is 7.14. The molecule has 4 heteroatoms. The van der Waals surface area contributed by atoms with Gasteiger partial charge >= 0.3 is 0 Å². The van der Waals surface area contributed by atoms with E-state index in [2.05, 4.69) is 289 Å². The zero-order chi connectivity index (χ0) is 63.9. The summed E-state index contributed by atoms with van der Waals surface area (Å²) in [6, 6.07) is 73.5. The van der Waals surface area contributed by atoms with E-state index in [1.54, 1.807) is 0 Å². The molecule has 15 aromatic rings. The Morgan fingerprint density at radius 2 is 0.606 bits per heavy atom. The van der Waals surface area contributed by atoms with Gasteiger partial charge in [-0.15, -0.1) is 0 Å². The molecule has 0 fully saturated rings. The van der Waals surface area contributed by atoms with E-state index in [4.69, 9.17) is 13.3 Å². The van der Waals surface area contributed by atoms with Crippen molar-refractivity contribution < 1.29 is 13.3 Å². The predicted molar refractivity (Wildman–Crippen MR) is 390 cm³/mol. The Bertz CT molecular complexity index is 5780. The molecule has 0 unspecified atom stereocenters. The summed E-state index contributed by atoms with van der Waals surface area (Å²) in [5.41, 5.74) is 39.7. The van der Waals surface area contributed by atoms with E-state index >= 15 is 0 Å². The lowest BCUT2D eigenvalue weighted by Crippen LogP contribution is -2.24. The van der Waals surface area contributed by atoms with Gasteiger partial charge in [0.05, 0.1) is 0 Å². The van der Waals surface area contributed by atoms with Crippen molar-refractivity contribution in [2.75, 3.05) is 4.90 Å². The van der Waals surface area contributed by atoms with E-state index in [1.165, 1.54) is 150 Å². The minimum atomic E-state index is -0.403. The standard InChI is InChI=1S/C90H71NO3/c1-46-40-47(2)70(48(3)41-46)60-45-66-71(74-57-26-16-21-31-67(57)92-83(60)74)54-37-34-49(42-63(54)86(66,4)5)91(50-35-38-55-64(43-50)89(10,11)79-72(55)75-58-27-17-22-32-68(58)93-84(75)77-52-24-14-19-29-61(52)87(6,7)81(77)79)51-36-39-56-65(44-51)90(12,13)80-73(56)76-59-28-18-23-33-69(59)94-85(76)78-53-25-15-20-30-62(53)88(8,9)82(78)80/h14-45H,1-13H3. The first kappa shape index (κ1) is 54.4. The molecule has 454 valence electrons. The number of furan rings is 3. The van der Waals surface area contributed by atoms with Crippen molar-refractivity contribution in [3.63, 3.8) is 0 Å². The lowest BCUT2D eigenvalue weighted by molar-refractivity contribution is 0.600. The Morgan fingerprint density at radius 1 is 0.266 bits per heavy atom. The van der Waals surface area contributed by atoms with Gasteiger partial charge < -0.3 is 18.2 Å². The molecule has 0 N–H and O–H groups in total. The van der Waals surface area contributed by atoms with Crippen LogP contribution in [0, 0.1) is 20.8 Å². The number of benzene rings is 12. The second-order valence-corrected chi connectivity index (χ2v) is 30.8. The number of anilines is 3. The van der Waals surface area contributed by atoms with Crippen LogP contribution in [0.2, 0.25) is 0 Å². The maximum absolute atomic E-state index is 7.14. The molecule has 0 saturated heterocycles. The van der Waals surface area contributed by atoms with Crippen LogP contribution in [0.15, 0.2) is 207 Å². The van der Waals surface area contributed by atoms with E-state index < -0.39 is 16.2 Å². The highest BCUT2D eigenvalue weighted by molar-refractivity contribution is 6.23. The highest BCUT2D eigenvalue weighted by atomic mass is 16.3. The van der Waals surface area contributed by atoms with Crippen molar-refractivity contribution in [1.82, 2.24) is 0 Å². The van der Waals surface area contributed by atoms with Gasteiger partial charge in [0.25, 0.3) is 0 Å². The molecule has 0 spiro atoms. The number of hydrogen-bond donors (Lipinski definition) is 0. The Labute approximate surface area is 548 Å². The summed E-state index contributed by atoms with van der Waals surface area (Å²) in [7, 11) is 0. The fourth-order valence-electron chi connectivity index (χ4n) is 19.8. The van der Waals surface area contributed by atoms with Crippen molar-refractivity contribution in [1.29, 1.82) is 0 Å². The molecule has 4 nitrogen and oxygen atoms in total. The van der Waals surface area contributed by atoms with Gasteiger partial charge in [0, 0.05) is 93.1 Å². The molecule has 0 aliphatic heterocycles. The number of rotatable bonds is 4. The van der Waals surface area contributed by atoms with Crippen LogP contribution in [-0.4, -0.2) is 0 Å². The first-order valence-corrected chi connectivity index (χ1v) is 33.7. The molecule has 94 heavy (non-hydrogen) atoms. The minimum Gasteiger partial charge on any atom is -0.455 e. The molecule has 3 heterocycles. The van der Waals surface area contributed by atoms with Crippen LogP contribution in [-0.2, 0) is 27.1 Å². The average Bonchev–Trinajstić information content (AvgIpc) is 1.51. The molecule has 0 saturated carbocycles. The summed E-state index contributed by atoms with van der Waals surface area (Å²) in [6.45, 7) is 31.3. The Morgan fingerprint density at radius 3 is 1.05 bits per heavy atom. The van der Waals surface area contributed by atoms with Gasteiger partial charge in [-0.25, -0.2) is 0 Å². The third-order valence-corrected chi connectivity index (χ3v) is 23.8. The van der Waals surface area contributed by atoms with E-state index in [9.17, 15) is 0 Å². The molecular weight excluding hydrogens is 1140 g/mol. The average molecular weight is 1210 g/mol. The van der Waals surface area contributed by atoms with E-state index in [0.29, 0.717) is 0 Å². The van der Waals surface area contributed by atoms with Gasteiger partial charge in [-0.05, 0) is 198 Å². The molecule has 0 radical (unpaired) electrons. The summed E-state index contributed by atoms with van der Waals surface area (Å²) < 4.78 is 21.4. The molecule has 0 amide bonds.